The lowest BCUT2D eigenvalue weighted by Gasteiger charge is -2.42. The molecule has 5 nitrogen and oxygen atoms in total. The molecule has 22 aromatic rings. The van der Waals surface area contributed by atoms with Crippen molar-refractivity contribution in [3.63, 3.8) is 0 Å². The number of hydrogen-bond acceptors (Lipinski definition) is 2. The summed E-state index contributed by atoms with van der Waals surface area (Å²) in [6.07, 6.45) is 0. The van der Waals surface area contributed by atoms with Crippen molar-refractivity contribution < 1.29 is 26.7 Å². The Morgan fingerprint density at radius 3 is 1.19 bits per heavy atom. The minimum Gasteiger partial charge on any atom is -0.458 e. The summed E-state index contributed by atoms with van der Waals surface area (Å²) in [4.78, 5) is 2.31. The minimum absolute atomic E-state index is 0.0771. The van der Waals surface area contributed by atoms with Crippen LogP contribution in [0.15, 0.2) is 442 Å². The van der Waals surface area contributed by atoms with Gasteiger partial charge in [-0.1, -0.05) is 339 Å². The van der Waals surface area contributed by atoms with Crippen molar-refractivity contribution in [2.24, 2.45) is 0 Å². The monoisotopic (exact) mass is 1560 g/mol. The van der Waals surface area contributed by atoms with Crippen LogP contribution in [0.4, 0.5) is 17.1 Å². The van der Waals surface area contributed by atoms with Crippen LogP contribution in [0.25, 0.3) is 138 Å². The van der Waals surface area contributed by atoms with E-state index in [0.717, 1.165) is 122 Å². The molecule has 0 N–H and O–H groups in total. The molecule has 6 heteroatoms. The van der Waals surface area contributed by atoms with Crippen LogP contribution in [0.3, 0.4) is 0 Å². The van der Waals surface area contributed by atoms with E-state index in [1.54, 1.807) is 16.7 Å². The second-order valence-electron chi connectivity index (χ2n) is 32.0. The van der Waals surface area contributed by atoms with Crippen molar-refractivity contribution in [2.45, 2.75) is 10.8 Å². The van der Waals surface area contributed by atoms with Gasteiger partial charge < -0.3 is 23.3 Å². The molecular formula is C116H73BN4O. The maximum atomic E-state index is 10.1. The van der Waals surface area contributed by atoms with Crippen molar-refractivity contribution in [1.29, 1.82) is 0 Å². The molecule has 0 unspecified atom stereocenters. The number of fused-ring (bicyclic) bond motifs is 19. The van der Waals surface area contributed by atoms with Crippen LogP contribution in [-0.4, -0.2) is 20.4 Å². The lowest BCUT2D eigenvalue weighted by molar-refractivity contribution is 0.487. The smallest absolute Gasteiger partial charge is 0.256 e. The summed E-state index contributed by atoms with van der Waals surface area (Å²) < 4.78 is 165. The van der Waals surface area contributed by atoms with Crippen molar-refractivity contribution in [2.75, 3.05) is 4.90 Å². The first kappa shape index (κ1) is 54.3. The number of anilines is 3. The van der Waals surface area contributed by atoms with Crippen molar-refractivity contribution >= 4 is 106 Å². The summed E-state index contributed by atoms with van der Waals surface area (Å²) in [6.45, 7) is -0.828. The molecule has 0 spiro atoms. The van der Waals surface area contributed by atoms with E-state index in [-0.39, 0.29) is 60.7 Å². The van der Waals surface area contributed by atoms with E-state index in [2.05, 4.69) is 289 Å². The third-order valence-corrected chi connectivity index (χ3v) is 26.1. The third-order valence-electron chi connectivity index (χ3n) is 26.1. The molecule has 2 aliphatic heterocycles. The molecule has 5 heterocycles. The molecule has 19 aromatic carbocycles. The maximum absolute atomic E-state index is 10.1. The zero-order chi connectivity index (χ0) is 93.8. The first-order valence-electron chi connectivity index (χ1n) is 49.1. The second-order valence-corrected chi connectivity index (χ2v) is 32.0. The van der Waals surface area contributed by atoms with E-state index in [1.807, 2.05) is 54.6 Å². The molecule has 0 radical (unpaired) electrons. The van der Waals surface area contributed by atoms with Gasteiger partial charge in [-0.3, -0.25) is 0 Å². The third kappa shape index (κ3) is 9.60. The molecule has 0 fully saturated rings. The number of hydrogen-bond donors (Lipinski definition) is 0. The quantitative estimate of drug-likeness (QED) is 0.121. The molecule has 122 heavy (non-hydrogen) atoms. The van der Waals surface area contributed by atoms with Gasteiger partial charge in [0.25, 0.3) is 6.71 Å². The molecule has 3 aromatic heterocycles. The number of nitrogens with zero attached hydrogens (tertiary/aromatic N) is 4. The number of aromatic nitrogens is 3. The second kappa shape index (κ2) is 26.4. The van der Waals surface area contributed by atoms with Crippen molar-refractivity contribution in [3.8, 4) is 84.2 Å². The van der Waals surface area contributed by atoms with Gasteiger partial charge in [-0.15, -0.1) is 0 Å². The van der Waals surface area contributed by atoms with Crippen molar-refractivity contribution in [1.82, 2.24) is 13.7 Å². The van der Waals surface area contributed by atoms with Crippen LogP contribution in [-0.2, 0) is 10.8 Å². The van der Waals surface area contributed by atoms with E-state index < -0.39 is 114 Å². The number of para-hydroxylation sites is 7. The highest BCUT2D eigenvalue weighted by molar-refractivity contribution is 6.99. The summed E-state index contributed by atoms with van der Waals surface area (Å²) >= 11 is 0. The lowest BCUT2D eigenvalue weighted by atomic mass is 9.34. The summed E-state index contributed by atoms with van der Waals surface area (Å²) in [5.41, 5.74) is 23.0. The minimum atomic E-state index is -0.828. The summed E-state index contributed by atoms with van der Waals surface area (Å²) in [5, 5.41) is 1.58. The van der Waals surface area contributed by atoms with Crippen LogP contribution in [0.1, 0.15) is 66.4 Å². The number of benzene rings is 19. The molecule has 4 aliphatic rings. The molecule has 0 saturated heterocycles. The highest BCUT2D eigenvalue weighted by Gasteiger charge is 2.50. The Morgan fingerprint density at radius 2 is 0.664 bits per heavy atom. The molecule has 0 bridgehead atoms. The van der Waals surface area contributed by atoms with Gasteiger partial charge in [-0.05, 0) is 202 Å². The predicted octanol–water partition coefficient (Wildman–Crippen LogP) is 27.1. The van der Waals surface area contributed by atoms with E-state index in [1.165, 1.54) is 4.57 Å². The average molecular weight is 1570 g/mol. The molecular weight excluding hydrogens is 1480 g/mol. The Morgan fingerprint density at radius 1 is 0.246 bits per heavy atom. The molecule has 0 saturated carbocycles. The van der Waals surface area contributed by atoms with E-state index in [0.29, 0.717) is 44.8 Å². The average Bonchev–Trinajstić information content (AvgIpc) is 0.853. The molecule has 26 rings (SSSR count). The zero-order valence-electron chi connectivity index (χ0n) is 81.2. The normalized spacial score (nSPS) is 15.4. The van der Waals surface area contributed by atoms with Gasteiger partial charge in [0.1, 0.15) is 11.5 Å². The van der Waals surface area contributed by atoms with E-state index in [4.69, 9.17) is 7.48 Å². The first-order valence-corrected chi connectivity index (χ1v) is 41.1. The largest absolute Gasteiger partial charge is 0.458 e. The van der Waals surface area contributed by atoms with Gasteiger partial charge in [0.2, 0.25) is 0 Å². The molecule has 566 valence electrons. The molecule has 0 amide bonds. The van der Waals surface area contributed by atoms with Gasteiger partial charge in [-0.2, -0.15) is 0 Å². The van der Waals surface area contributed by atoms with Crippen molar-refractivity contribution in [3.05, 3.63) is 487 Å². The summed E-state index contributed by atoms with van der Waals surface area (Å²) in [7, 11) is 0. The van der Waals surface area contributed by atoms with Gasteiger partial charge in [0, 0.05) is 77.9 Å². The fourth-order valence-corrected chi connectivity index (χ4v) is 21.3. The highest BCUT2D eigenvalue weighted by Crippen LogP contribution is 2.61. The SMILES string of the molecule is [2H]c1c([2H])c([2H])c2c(c1[2H])c1c([2H])c([2H])c([2H])c([2H])c1n2-c1ccc2c(c1)Oc1cc(-c3ccc4c(c3)c3ccccc3n4-c3ccccc3)cc3c1B2c1ccc(-n2c4c([2H])c([2H])c([2H])c([2H])c4c4c([2H])c([2H])c([2H])c([2H])c42)cc1N3c1c(-c2ccc3c(c2)-c2ccccc2C3(c2ccccc2)c2ccccc2)cccc1-c1ccc2c(c1)-c1ccccc1C2(c1ccccc1)c1ccccc1. The van der Waals surface area contributed by atoms with Crippen LogP contribution < -0.4 is 26.0 Å². The van der Waals surface area contributed by atoms with Gasteiger partial charge in [0.05, 0.1) is 71.5 Å². The van der Waals surface area contributed by atoms with Crippen LogP contribution >= 0.6 is 0 Å². The zero-order valence-corrected chi connectivity index (χ0v) is 65.2. The highest BCUT2D eigenvalue weighted by atomic mass is 16.5. The van der Waals surface area contributed by atoms with Gasteiger partial charge >= 0.3 is 0 Å². The Labute approximate surface area is 729 Å². The fourth-order valence-electron chi connectivity index (χ4n) is 21.3. The van der Waals surface area contributed by atoms with Gasteiger partial charge in [-0.25, -0.2) is 0 Å². The Hall–Kier alpha value is -15.8. The van der Waals surface area contributed by atoms with E-state index >= 15 is 0 Å². The standard InChI is InChI=1S/C116H73BN4O/c1-6-31-78(32-7-1)115(79-33-8-2-9-34-79)97-50-23-16-41-87(97)94-68-75(57-62-99(94)115)85-48-30-49-86(76-58-63-100-95(69-76)88-42-17-24-51-98(88)116(100,80-35-10-3-11-36-80)81-37-12-4-13-38-81)114(85)121-109-72-83(119-103-52-25-18-43-89(103)90-44-19-26-53-104(90)119)60-64-101(109)117-102-65-61-84(120-105-54-27-20-45-91(105)92-46-21-28-55-106(92)120)73-111(102)122-112-71-77(70-110(121)113(112)117)74-59-66-108-96(67-74)93-47-22-29-56-107(93)118(108)82-39-14-5-15-40-82/h1-73H/i18D,19D,20D,21D,25D,26D,27D,28D,43D,44D,45D,46D,52D,53D,54D,55D. The molecule has 2 aliphatic carbocycles. The topological polar surface area (TPSA) is 27.3 Å². The maximum Gasteiger partial charge on any atom is 0.256 e. The Kier molecular flexibility index (Phi) is 11.7. The van der Waals surface area contributed by atoms with Gasteiger partial charge in [0.15, 0.2) is 0 Å². The first-order chi connectivity index (χ1) is 67.2. The van der Waals surface area contributed by atoms with Crippen LogP contribution in [0, 0.1) is 0 Å². The van der Waals surface area contributed by atoms with E-state index in [9.17, 15) is 19.2 Å². The Bertz CT molecular complexity index is 8730. The number of rotatable bonds is 11. The Balaban J connectivity index is 0.814. The van der Waals surface area contributed by atoms with Crippen LogP contribution in [0.2, 0.25) is 0 Å². The predicted molar refractivity (Wildman–Crippen MR) is 506 cm³/mol. The number of ether oxygens (including phenoxy) is 1. The summed E-state index contributed by atoms with van der Waals surface area (Å²) in [5.74, 6) is 0.689. The van der Waals surface area contributed by atoms with Crippen LogP contribution in [0.5, 0.6) is 11.5 Å². The fraction of sp³-hybridized carbons (Fsp3) is 0.0172. The lowest BCUT2D eigenvalue weighted by Crippen LogP contribution is -2.59. The summed E-state index contributed by atoms with van der Waals surface area (Å²) in [6, 6.07) is 112. The molecule has 0 atom stereocenters.